The number of ether oxygens (including phenoxy) is 2. The summed E-state index contributed by atoms with van der Waals surface area (Å²) in [7, 11) is 3.14. The molecule has 1 aliphatic rings. The predicted molar refractivity (Wildman–Crippen MR) is 112 cm³/mol. The number of amides is 1. The van der Waals surface area contributed by atoms with E-state index in [-0.39, 0.29) is 11.9 Å². The summed E-state index contributed by atoms with van der Waals surface area (Å²) < 4.78 is 10.5. The number of carbonyl (C=O) groups is 1. The molecular weight excluding hydrogens is 352 g/mol. The molecule has 1 N–H and O–H groups in total. The van der Waals surface area contributed by atoms with Gasteiger partial charge in [0.05, 0.1) is 20.3 Å². The minimum absolute atomic E-state index is 0.0880. The average molecular weight is 383 g/mol. The topological polar surface area (TPSA) is 50.8 Å². The third-order valence-corrected chi connectivity index (χ3v) is 5.41. The van der Waals surface area contributed by atoms with Crippen LogP contribution in [0.2, 0.25) is 0 Å². The van der Waals surface area contributed by atoms with Gasteiger partial charge in [-0.05, 0) is 61.6 Å². The molecule has 0 saturated carbocycles. The van der Waals surface area contributed by atoms with E-state index in [2.05, 4.69) is 41.4 Å². The van der Waals surface area contributed by atoms with E-state index in [1.807, 2.05) is 6.92 Å². The van der Waals surface area contributed by atoms with Crippen molar-refractivity contribution in [2.45, 2.75) is 32.7 Å². The Kier molecular flexibility index (Phi) is 6.45. The van der Waals surface area contributed by atoms with Gasteiger partial charge in [-0.3, -0.25) is 4.79 Å². The summed E-state index contributed by atoms with van der Waals surface area (Å²) in [5.41, 5.74) is 2.89. The van der Waals surface area contributed by atoms with E-state index in [1.54, 1.807) is 32.4 Å². The van der Waals surface area contributed by atoms with Crippen LogP contribution in [-0.4, -0.2) is 33.2 Å². The Morgan fingerprint density at radius 2 is 1.82 bits per heavy atom. The van der Waals surface area contributed by atoms with Crippen LogP contribution in [0.25, 0.3) is 0 Å². The fourth-order valence-electron chi connectivity index (χ4n) is 3.74. The number of nitrogens with zero attached hydrogens (tertiary/aromatic N) is 1. The van der Waals surface area contributed by atoms with Gasteiger partial charge in [0.2, 0.25) is 0 Å². The van der Waals surface area contributed by atoms with Crippen LogP contribution in [0, 0.1) is 5.92 Å². The molecule has 28 heavy (non-hydrogen) atoms. The molecule has 3 rings (SSSR count). The summed E-state index contributed by atoms with van der Waals surface area (Å²) >= 11 is 0. The Bertz CT molecular complexity index is 804. The van der Waals surface area contributed by atoms with Crippen LogP contribution in [0.5, 0.6) is 11.5 Å². The summed E-state index contributed by atoms with van der Waals surface area (Å²) in [6, 6.07) is 13.6. The van der Waals surface area contributed by atoms with Crippen molar-refractivity contribution < 1.29 is 14.3 Å². The Morgan fingerprint density at radius 1 is 1.11 bits per heavy atom. The highest BCUT2D eigenvalue weighted by molar-refractivity contribution is 5.95. The second kappa shape index (κ2) is 9.00. The largest absolute Gasteiger partial charge is 0.493 e. The van der Waals surface area contributed by atoms with E-state index in [4.69, 9.17) is 9.47 Å². The lowest BCUT2D eigenvalue weighted by Crippen LogP contribution is -2.34. The van der Waals surface area contributed by atoms with Crippen LogP contribution in [-0.2, 0) is 0 Å². The van der Waals surface area contributed by atoms with Crippen LogP contribution < -0.4 is 19.7 Å². The van der Waals surface area contributed by atoms with Gasteiger partial charge >= 0.3 is 0 Å². The number of anilines is 1. The van der Waals surface area contributed by atoms with E-state index >= 15 is 0 Å². The minimum atomic E-state index is -0.137. The van der Waals surface area contributed by atoms with Gasteiger partial charge in [-0.25, -0.2) is 0 Å². The highest BCUT2D eigenvalue weighted by Crippen LogP contribution is 2.28. The number of carbonyl (C=O) groups excluding carboxylic acids is 1. The second-order valence-corrected chi connectivity index (χ2v) is 7.55. The first-order valence-corrected chi connectivity index (χ1v) is 9.89. The molecule has 0 radical (unpaired) electrons. The maximum Gasteiger partial charge on any atom is 0.251 e. The van der Waals surface area contributed by atoms with Crippen molar-refractivity contribution in [3.63, 3.8) is 0 Å². The SMILES string of the molecule is COc1ccc(C(=O)N[C@@H](C)c2ccc(N3CCC[C@@H](C)C3)cc2)cc1OC. The van der Waals surface area contributed by atoms with Crippen molar-refractivity contribution in [2.75, 3.05) is 32.2 Å². The van der Waals surface area contributed by atoms with E-state index < -0.39 is 0 Å². The summed E-state index contributed by atoms with van der Waals surface area (Å²) in [5.74, 6) is 1.76. The predicted octanol–water partition coefficient (Wildman–Crippen LogP) is 4.43. The van der Waals surface area contributed by atoms with Gasteiger partial charge in [-0.15, -0.1) is 0 Å². The molecule has 0 unspecified atom stereocenters. The van der Waals surface area contributed by atoms with Gasteiger partial charge in [-0.2, -0.15) is 0 Å². The smallest absolute Gasteiger partial charge is 0.251 e. The molecule has 2 aromatic carbocycles. The van der Waals surface area contributed by atoms with Crippen LogP contribution in [0.3, 0.4) is 0 Å². The molecule has 1 saturated heterocycles. The standard InChI is InChI=1S/C23H30N2O3/c1-16-6-5-13-25(15-16)20-10-7-18(8-11-20)17(2)24-23(26)19-9-12-21(27-3)22(14-19)28-4/h7-12,14,16-17H,5-6,13,15H2,1-4H3,(H,24,26)/t16-,17+/m1/s1. The Hall–Kier alpha value is -2.69. The summed E-state index contributed by atoms with van der Waals surface area (Å²) in [4.78, 5) is 15.1. The normalized spacial score (nSPS) is 17.7. The lowest BCUT2D eigenvalue weighted by molar-refractivity contribution is 0.0939. The molecule has 150 valence electrons. The maximum atomic E-state index is 12.6. The second-order valence-electron chi connectivity index (χ2n) is 7.55. The Morgan fingerprint density at radius 3 is 2.46 bits per heavy atom. The van der Waals surface area contributed by atoms with Gasteiger partial charge in [0.1, 0.15) is 0 Å². The molecule has 2 aromatic rings. The first-order chi connectivity index (χ1) is 13.5. The fraction of sp³-hybridized carbons (Fsp3) is 0.435. The van der Waals surface area contributed by atoms with E-state index in [1.165, 1.54) is 18.5 Å². The van der Waals surface area contributed by atoms with Gasteiger partial charge in [0.25, 0.3) is 5.91 Å². The molecule has 5 heteroatoms. The molecule has 1 amide bonds. The zero-order chi connectivity index (χ0) is 20.1. The quantitative estimate of drug-likeness (QED) is 0.803. The zero-order valence-electron chi connectivity index (χ0n) is 17.2. The van der Waals surface area contributed by atoms with Crippen molar-refractivity contribution in [1.82, 2.24) is 5.32 Å². The molecule has 0 bridgehead atoms. The molecule has 0 aliphatic carbocycles. The van der Waals surface area contributed by atoms with Crippen molar-refractivity contribution in [1.29, 1.82) is 0 Å². The number of benzene rings is 2. The number of piperidine rings is 1. The van der Waals surface area contributed by atoms with Gasteiger partial charge in [0, 0.05) is 24.3 Å². The van der Waals surface area contributed by atoms with Crippen LogP contribution in [0.4, 0.5) is 5.69 Å². The Labute approximate surface area is 167 Å². The first-order valence-electron chi connectivity index (χ1n) is 9.89. The van der Waals surface area contributed by atoms with Gasteiger partial charge < -0.3 is 19.7 Å². The van der Waals surface area contributed by atoms with Crippen LogP contribution in [0.1, 0.15) is 48.7 Å². The molecule has 0 aromatic heterocycles. The molecule has 1 aliphatic heterocycles. The number of nitrogens with one attached hydrogen (secondary N) is 1. The summed E-state index contributed by atoms with van der Waals surface area (Å²) in [5, 5.41) is 3.06. The molecule has 0 spiro atoms. The van der Waals surface area contributed by atoms with E-state index in [0.717, 1.165) is 24.6 Å². The first kappa shape index (κ1) is 20.1. The van der Waals surface area contributed by atoms with E-state index in [9.17, 15) is 4.79 Å². The highest BCUT2D eigenvalue weighted by Gasteiger charge is 2.18. The van der Waals surface area contributed by atoms with Gasteiger partial charge in [0.15, 0.2) is 11.5 Å². The van der Waals surface area contributed by atoms with Gasteiger partial charge in [-0.1, -0.05) is 19.1 Å². The lowest BCUT2D eigenvalue weighted by atomic mass is 9.99. The Balaban J connectivity index is 1.65. The summed E-state index contributed by atoms with van der Waals surface area (Å²) in [6.07, 6.45) is 2.56. The molecule has 1 heterocycles. The molecule has 5 nitrogen and oxygen atoms in total. The number of rotatable bonds is 6. The average Bonchev–Trinajstić information content (AvgIpc) is 2.73. The third-order valence-electron chi connectivity index (χ3n) is 5.41. The number of hydrogen-bond acceptors (Lipinski definition) is 4. The summed E-state index contributed by atoms with van der Waals surface area (Å²) in [6.45, 7) is 6.54. The fourth-order valence-corrected chi connectivity index (χ4v) is 3.74. The lowest BCUT2D eigenvalue weighted by Gasteiger charge is -2.33. The number of methoxy groups -OCH3 is 2. The molecular formula is C23H30N2O3. The van der Waals surface area contributed by atoms with Crippen molar-refractivity contribution in [2.24, 2.45) is 5.92 Å². The number of hydrogen-bond donors (Lipinski definition) is 1. The molecule has 2 atom stereocenters. The third kappa shape index (κ3) is 4.58. The van der Waals surface area contributed by atoms with Crippen molar-refractivity contribution in [3.8, 4) is 11.5 Å². The van der Waals surface area contributed by atoms with Crippen LogP contribution in [0.15, 0.2) is 42.5 Å². The minimum Gasteiger partial charge on any atom is -0.493 e. The van der Waals surface area contributed by atoms with Crippen molar-refractivity contribution in [3.05, 3.63) is 53.6 Å². The van der Waals surface area contributed by atoms with Crippen molar-refractivity contribution >= 4 is 11.6 Å². The van der Waals surface area contributed by atoms with Crippen LogP contribution >= 0.6 is 0 Å². The monoisotopic (exact) mass is 382 g/mol. The highest BCUT2D eigenvalue weighted by atomic mass is 16.5. The maximum absolute atomic E-state index is 12.6. The molecule has 1 fully saturated rings. The van der Waals surface area contributed by atoms with E-state index in [0.29, 0.717) is 17.1 Å². The zero-order valence-corrected chi connectivity index (χ0v) is 17.2.